The molecule has 2 rings (SSSR count). The third-order valence-electron chi connectivity index (χ3n) is 4.69. The summed E-state index contributed by atoms with van der Waals surface area (Å²) in [5, 5.41) is 19.5. The summed E-state index contributed by atoms with van der Waals surface area (Å²) in [5.74, 6) is 0.473. The molecule has 0 spiro atoms. The fraction of sp³-hybridized carbons (Fsp3) is 0.647. The van der Waals surface area contributed by atoms with Crippen LogP contribution in [0.4, 0.5) is 0 Å². The maximum atomic E-state index is 9.74. The summed E-state index contributed by atoms with van der Waals surface area (Å²) >= 11 is 0. The molecule has 0 saturated heterocycles. The summed E-state index contributed by atoms with van der Waals surface area (Å²) in [7, 11) is 0. The molecule has 0 aromatic heterocycles. The summed E-state index contributed by atoms with van der Waals surface area (Å²) in [5.41, 5.74) is 1.26. The van der Waals surface area contributed by atoms with Crippen molar-refractivity contribution in [3.05, 3.63) is 35.9 Å². The van der Waals surface area contributed by atoms with Crippen molar-refractivity contribution in [1.29, 1.82) is 0 Å². The predicted molar refractivity (Wildman–Crippen MR) is 77.8 cm³/mol. The van der Waals surface area contributed by atoms with Crippen LogP contribution in [-0.4, -0.2) is 16.5 Å². The monoisotopic (exact) mass is 262 g/mol. The van der Waals surface area contributed by atoms with Crippen LogP contribution in [0.2, 0.25) is 0 Å². The maximum absolute atomic E-state index is 9.74. The molecule has 1 aliphatic rings. The van der Waals surface area contributed by atoms with E-state index in [0.29, 0.717) is 5.92 Å². The molecule has 2 heteroatoms. The van der Waals surface area contributed by atoms with Crippen molar-refractivity contribution in [1.82, 2.24) is 0 Å². The summed E-state index contributed by atoms with van der Waals surface area (Å²) in [6.45, 7) is 4.40. The fourth-order valence-corrected chi connectivity index (χ4v) is 3.50. The van der Waals surface area contributed by atoms with Gasteiger partial charge < -0.3 is 10.2 Å². The van der Waals surface area contributed by atoms with Crippen LogP contribution >= 0.6 is 0 Å². The van der Waals surface area contributed by atoms with Crippen LogP contribution in [0.15, 0.2) is 30.3 Å². The Bertz CT molecular complexity index is 378. The van der Waals surface area contributed by atoms with Crippen molar-refractivity contribution in [2.75, 3.05) is 0 Å². The summed E-state index contributed by atoms with van der Waals surface area (Å²) in [6.07, 6.45) is 4.41. The highest BCUT2D eigenvalue weighted by atomic mass is 16.5. The van der Waals surface area contributed by atoms with Gasteiger partial charge in [-0.3, -0.25) is 0 Å². The number of aliphatic hydroxyl groups is 2. The van der Waals surface area contributed by atoms with Gasteiger partial charge in [-0.05, 0) is 36.2 Å². The first-order valence-corrected chi connectivity index (χ1v) is 7.42. The molecule has 1 fully saturated rings. The van der Waals surface area contributed by atoms with Gasteiger partial charge in [0.15, 0.2) is 6.29 Å². The Morgan fingerprint density at radius 3 is 2.21 bits per heavy atom. The Labute approximate surface area is 116 Å². The normalized spacial score (nSPS) is 19.0. The summed E-state index contributed by atoms with van der Waals surface area (Å²) in [6, 6.07) is 10.4. The lowest BCUT2D eigenvalue weighted by molar-refractivity contribution is -0.107. The van der Waals surface area contributed by atoms with E-state index in [1.807, 2.05) is 6.07 Å². The van der Waals surface area contributed by atoms with E-state index in [4.69, 9.17) is 0 Å². The van der Waals surface area contributed by atoms with E-state index in [9.17, 15) is 10.2 Å². The molecule has 2 N–H and O–H groups in total. The molecule has 1 aromatic carbocycles. The average molecular weight is 262 g/mol. The maximum Gasteiger partial charge on any atom is 0.154 e. The first-order valence-electron chi connectivity index (χ1n) is 7.42. The van der Waals surface area contributed by atoms with E-state index in [1.165, 1.54) is 18.4 Å². The van der Waals surface area contributed by atoms with Crippen molar-refractivity contribution in [3.63, 3.8) is 0 Å². The molecular formula is C17H26O2. The van der Waals surface area contributed by atoms with Gasteiger partial charge >= 0.3 is 0 Å². The van der Waals surface area contributed by atoms with Crippen molar-refractivity contribution in [2.24, 2.45) is 11.8 Å². The minimum Gasteiger partial charge on any atom is -0.368 e. The van der Waals surface area contributed by atoms with Crippen LogP contribution in [0.1, 0.15) is 51.5 Å². The lowest BCUT2D eigenvalue weighted by atomic mass is 9.73. The molecule has 1 aliphatic carbocycles. The highest BCUT2D eigenvalue weighted by Gasteiger charge is 2.35. The molecule has 0 radical (unpaired) electrons. The molecular weight excluding hydrogens is 236 g/mol. The third-order valence-corrected chi connectivity index (χ3v) is 4.69. The van der Waals surface area contributed by atoms with Crippen LogP contribution in [0, 0.1) is 11.8 Å². The second-order valence-corrected chi connectivity index (χ2v) is 6.58. The van der Waals surface area contributed by atoms with Gasteiger partial charge in [-0.1, -0.05) is 57.0 Å². The number of hydrogen-bond acceptors (Lipinski definition) is 2. The second-order valence-electron chi connectivity index (χ2n) is 6.58. The summed E-state index contributed by atoms with van der Waals surface area (Å²) in [4.78, 5) is 0. The van der Waals surface area contributed by atoms with Gasteiger partial charge in [0.1, 0.15) is 0 Å². The van der Waals surface area contributed by atoms with E-state index < -0.39 is 6.29 Å². The van der Waals surface area contributed by atoms with Crippen LogP contribution in [-0.2, 0) is 5.41 Å². The van der Waals surface area contributed by atoms with Gasteiger partial charge in [-0.25, -0.2) is 0 Å². The second kappa shape index (κ2) is 6.06. The topological polar surface area (TPSA) is 40.5 Å². The van der Waals surface area contributed by atoms with Gasteiger partial charge in [-0.2, -0.15) is 0 Å². The predicted octanol–water partition coefficient (Wildman–Crippen LogP) is 3.47. The molecule has 19 heavy (non-hydrogen) atoms. The first kappa shape index (κ1) is 14.5. The van der Waals surface area contributed by atoms with Crippen molar-refractivity contribution < 1.29 is 10.2 Å². The third kappa shape index (κ3) is 3.58. The zero-order chi connectivity index (χ0) is 13.9. The SMILES string of the molecule is CC(C)(CC(C(O)O)C1CCCC1)c1ccccc1. The van der Waals surface area contributed by atoms with E-state index >= 15 is 0 Å². The quantitative estimate of drug-likeness (QED) is 0.798. The van der Waals surface area contributed by atoms with E-state index in [0.717, 1.165) is 19.3 Å². The Morgan fingerprint density at radius 1 is 1.11 bits per heavy atom. The zero-order valence-electron chi connectivity index (χ0n) is 12.0. The van der Waals surface area contributed by atoms with Gasteiger partial charge in [0, 0.05) is 5.92 Å². The van der Waals surface area contributed by atoms with Crippen molar-refractivity contribution in [2.45, 2.75) is 57.7 Å². The largest absolute Gasteiger partial charge is 0.368 e. The van der Waals surface area contributed by atoms with Gasteiger partial charge in [0.2, 0.25) is 0 Å². The Kier molecular flexibility index (Phi) is 4.64. The Hall–Kier alpha value is -0.860. The minimum atomic E-state index is -1.19. The lowest BCUT2D eigenvalue weighted by Crippen LogP contribution is -2.33. The lowest BCUT2D eigenvalue weighted by Gasteiger charge is -2.34. The number of hydrogen-bond donors (Lipinski definition) is 2. The zero-order valence-corrected chi connectivity index (χ0v) is 12.0. The summed E-state index contributed by atoms with van der Waals surface area (Å²) < 4.78 is 0. The minimum absolute atomic E-state index is 0.00212. The molecule has 0 amide bonds. The highest BCUT2D eigenvalue weighted by Crippen LogP contribution is 2.40. The Balaban J connectivity index is 2.11. The Morgan fingerprint density at radius 2 is 1.68 bits per heavy atom. The first-order chi connectivity index (χ1) is 9.00. The molecule has 106 valence electrons. The van der Waals surface area contributed by atoms with Crippen LogP contribution in [0.25, 0.3) is 0 Å². The van der Waals surface area contributed by atoms with E-state index in [-0.39, 0.29) is 11.3 Å². The molecule has 1 unspecified atom stereocenters. The fourth-order valence-electron chi connectivity index (χ4n) is 3.50. The molecule has 2 nitrogen and oxygen atoms in total. The molecule has 0 heterocycles. The molecule has 1 saturated carbocycles. The van der Waals surface area contributed by atoms with Crippen molar-refractivity contribution in [3.8, 4) is 0 Å². The van der Waals surface area contributed by atoms with Gasteiger partial charge in [-0.15, -0.1) is 0 Å². The average Bonchev–Trinajstić information content (AvgIpc) is 2.90. The number of benzene rings is 1. The number of aliphatic hydroxyl groups excluding tert-OH is 1. The molecule has 0 bridgehead atoms. The number of rotatable bonds is 5. The molecule has 1 aromatic rings. The standard InChI is InChI=1S/C17H26O2/c1-17(2,14-10-4-3-5-11-14)12-15(16(18)19)13-8-6-7-9-13/h3-5,10-11,13,15-16,18-19H,6-9,12H2,1-2H3. The van der Waals surface area contributed by atoms with Crippen LogP contribution in [0.3, 0.4) is 0 Å². The highest BCUT2D eigenvalue weighted by molar-refractivity contribution is 5.23. The van der Waals surface area contributed by atoms with Crippen molar-refractivity contribution >= 4 is 0 Å². The smallest absolute Gasteiger partial charge is 0.154 e. The van der Waals surface area contributed by atoms with Gasteiger partial charge in [0.05, 0.1) is 0 Å². The van der Waals surface area contributed by atoms with E-state index in [2.05, 4.69) is 38.1 Å². The van der Waals surface area contributed by atoms with E-state index in [1.54, 1.807) is 0 Å². The molecule has 0 aliphatic heterocycles. The van der Waals surface area contributed by atoms with Crippen LogP contribution < -0.4 is 0 Å². The van der Waals surface area contributed by atoms with Crippen LogP contribution in [0.5, 0.6) is 0 Å². The van der Waals surface area contributed by atoms with Gasteiger partial charge in [0.25, 0.3) is 0 Å². The molecule has 1 atom stereocenters.